The van der Waals surface area contributed by atoms with Gasteiger partial charge in [-0.2, -0.15) is 0 Å². The van der Waals surface area contributed by atoms with Gasteiger partial charge in [0.05, 0.1) is 23.0 Å². The molecule has 5 nitrogen and oxygen atoms in total. The molecule has 2 N–H and O–H groups in total. The highest BCUT2D eigenvalue weighted by atomic mass is 35.5. The number of esters is 1. The number of halogens is 1. The third-order valence-electron chi connectivity index (χ3n) is 2.24. The maximum Gasteiger partial charge on any atom is 0.341 e. The average molecular weight is 270 g/mol. The monoisotopic (exact) mass is 269 g/mol. The van der Waals surface area contributed by atoms with Crippen molar-refractivity contribution >= 4 is 29.5 Å². The van der Waals surface area contributed by atoms with Crippen molar-refractivity contribution in [2.75, 3.05) is 20.7 Å². The molecule has 0 bridgehead atoms. The van der Waals surface area contributed by atoms with E-state index >= 15 is 0 Å². The van der Waals surface area contributed by atoms with Gasteiger partial charge in [0.15, 0.2) is 0 Å². The number of nitrogens with zero attached hydrogens (tertiary/aromatic N) is 1. The standard InChI is InChI=1S/C12H16ClN3O2/c1-4-18-12(17)9(6-14)11(16(2)3)10-5-8(13)7-15-10/h5-7,14-15H,4H2,1-3H3/b11-9-,14-6?. The fourth-order valence-electron chi connectivity index (χ4n) is 1.56. The summed E-state index contributed by atoms with van der Waals surface area (Å²) in [6.45, 7) is 1.99. The van der Waals surface area contributed by atoms with Crippen LogP contribution in [0, 0.1) is 5.41 Å². The topological polar surface area (TPSA) is 69.2 Å². The lowest BCUT2D eigenvalue weighted by molar-refractivity contribution is -0.137. The molecule has 1 aromatic heterocycles. The highest BCUT2D eigenvalue weighted by Crippen LogP contribution is 2.22. The Balaban J connectivity index is 3.31. The SMILES string of the molecule is CCOC(=O)/C(C=N)=C(/c1cc(Cl)c[nH]1)N(C)C. The minimum atomic E-state index is -0.526. The number of hydrogen-bond donors (Lipinski definition) is 2. The lowest BCUT2D eigenvalue weighted by atomic mass is 10.1. The van der Waals surface area contributed by atoms with E-state index in [-0.39, 0.29) is 12.2 Å². The van der Waals surface area contributed by atoms with Crippen LogP contribution in [0.5, 0.6) is 0 Å². The summed E-state index contributed by atoms with van der Waals surface area (Å²) < 4.78 is 4.93. The summed E-state index contributed by atoms with van der Waals surface area (Å²) in [6.07, 6.45) is 2.61. The van der Waals surface area contributed by atoms with Gasteiger partial charge < -0.3 is 20.0 Å². The third-order valence-corrected chi connectivity index (χ3v) is 2.46. The number of carbonyl (C=O) groups excluding carboxylic acids is 1. The Morgan fingerprint density at radius 2 is 2.28 bits per heavy atom. The maximum absolute atomic E-state index is 11.8. The molecule has 0 atom stereocenters. The molecule has 0 aliphatic heterocycles. The minimum Gasteiger partial charge on any atom is -0.462 e. The van der Waals surface area contributed by atoms with Gasteiger partial charge in [-0.1, -0.05) is 11.6 Å². The van der Waals surface area contributed by atoms with Crippen LogP contribution < -0.4 is 0 Å². The predicted octanol–water partition coefficient (Wildman–Crippen LogP) is 2.15. The van der Waals surface area contributed by atoms with Crippen molar-refractivity contribution in [1.82, 2.24) is 9.88 Å². The first-order valence-corrected chi connectivity index (χ1v) is 5.82. The molecular formula is C12H16ClN3O2. The Labute approximate surface area is 111 Å². The van der Waals surface area contributed by atoms with E-state index in [2.05, 4.69) is 4.98 Å². The summed E-state index contributed by atoms with van der Waals surface area (Å²) in [7, 11) is 3.57. The fraction of sp³-hybridized carbons (Fsp3) is 0.333. The van der Waals surface area contributed by atoms with Gasteiger partial charge in [0, 0.05) is 26.5 Å². The molecule has 0 amide bonds. The van der Waals surface area contributed by atoms with Crippen molar-refractivity contribution in [3.05, 3.63) is 28.6 Å². The van der Waals surface area contributed by atoms with Crippen LogP contribution in [0.25, 0.3) is 5.70 Å². The van der Waals surface area contributed by atoms with Gasteiger partial charge >= 0.3 is 5.97 Å². The second-order valence-corrected chi connectivity index (χ2v) is 4.19. The van der Waals surface area contributed by atoms with Crippen LogP contribution in [-0.4, -0.2) is 42.8 Å². The third kappa shape index (κ3) is 3.13. The highest BCUT2D eigenvalue weighted by molar-refractivity contribution is 6.30. The van der Waals surface area contributed by atoms with Crippen LogP contribution in [0.1, 0.15) is 12.6 Å². The Morgan fingerprint density at radius 1 is 1.61 bits per heavy atom. The Hall–Kier alpha value is -1.75. The molecule has 6 heteroatoms. The normalized spacial score (nSPS) is 11.8. The second-order valence-electron chi connectivity index (χ2n) is 3.75. The zero-order valence-corrected chi connectivity index (χ0v) is 11.3. The summed E-state index contributed by atoms with van der Waals surface area (Å²) in [5, 5.41) is 7.93. The smallest absolute Gasteiger partial charge is 0.341 e. The first-order valence-electron chi connectivity index (χ1n) is 5.44. The van der Waals surface area contributed by atoms with Gasteiger partial charge in [0.25, 0.3) is 0 Å². The summed E-state index contributed by atoms with van der Waals surface area (Å²) in [4.78, 5) is 16.5. The molecule has 0 aromatic carbocycles. The molecule has 0 radical (unpaired) electrons. The van der Waals surface area contributed by atoms with Gasteiger partial charge in [-0.15, -0.1) is 0 Å². The summed E-state index contributed by atoms with van der Waals surface area (Å²) in [6, 6.07) is 1.69. The van der Waals surface area contributed by atoms with Crippen LogP contribution in [-0.2, 0) is 9.53 Å². The maximum atomic E-state index is 11.8. The fourth-order valence-corrected chi connectivity index (χ4v) is 1.73. The van der Waals surface area contributed by atoms with E-state index in [9.17, 15) is 4.79 Å². The molecule has 0 saturated heterocycles. The Kier molecular flexibility index (Phi) is 4.97. The van der Waals surface area contributed by atoms with Crippen molar-refractivity contribution in [3.8, 4) is 0 Å². The van der Waals surface area contributed by atoms with E-state index < -0.39 is 5.97 Å². The predicted molar refractivity (Wildman–Crippen MR) is 71.8 cm³/mol. The molecule has 0 unspecified atom stereocenters. The lowest BCUT2D eigenvalue weighted by Gasteiger charge is -2.18. The van der Waals surface area contributed by atoms with E-state index in [4.69, 9.17) is 21.7 Å². The van der Waals surface area contributed by atoms with Crippen molar-refractivity contribution in [1.29, 1.82) is 5.41 Å². The van der Waals surface area contributed by atoms with Crippen molar-refractivity contribution in [2.45, 2.75) is 6.92 Å². The Morgan fingerprint density at radius 3 is 2.67 bits per heavy atom. The number of hydrogen-bond acceptors (Lipinski definition) is 4. The molecule has 0 fully saturated rings. The van der Waals surface area contributed by atoms with Gasteiger partial charge in [-0.25, -0.2) is 4.79 Å². The van der Waals surface area contributed by atoms with Crippen LogP contribution in [0.3, 0.4) is 0 Å². The summed E-state index contributed by atoms with van der Waals surface area (Å²) in [5.74, 6) is -0.526. The highest BCUT2D eigenvalue weighted by Gasteiger charge is 2.19. The average Bonchev–Trinajstić information content (AvgIpc) is 2.71. The van der Waals surface area contributed by atoms with Crippen molar-refractivity contribution in [3.63, 3.8) is 0 Å². The first-order chi connectivity index (χ1) is 8.51. The van der Waals surface area contributed by atoms with Crippen LogP contribution in [0.15, 0.2) is 17.8 Å². The molecule has 1 heterocycles. The van der Waals surface area contributed by atoms with Crippen molar-refractivity contribution < 1.29 is 9.53 Å². The van der Waals surface area contributed by atoms with Gasteiger partial charge in [0.1, 0.15) is 5.57 Å². The number of ether oxygens (including phenoxy) is 1. The van der Waals surface area contributed by atoms with Gasteiger partial charge in [-0.3, -0.25) is 0 Å². The quantitative estimate of drug-likeness (QED) is 0.489. The molecule has 0 aliphatic rings. The zero-order valence-electron chi connectivity index (χ0n) is 10.6. The van der Waals surface area contributed by atoms with Crippen LogP contribution >= 0.6 is 11.6 Å². The van der Waals surface area contributed by atoms with E-state index in [0.717, 1.165) is 6.21 Å². The molecule has 1 aromatic rings. The largest absolute Gasteiger partial charge is 0.462 e. The second kappa shape index (κ2) is 6.26. The number of nitrogens with one attached hydrogen (secondary N) is 2. The lowest BCUT2D eigenvalue weighted by Crippen LogP contribution is -2.19. The van der Waals surface area contributed by atoms with Gasteiger partial charge in [0.2, 0.25) is 0 Å². The van der Waals surface area contributed by atoms with E-state index in [0.29, 0.717) is 16.4 Å². The van der Waals surface area contributed by atoms with Crippen molar-refractivity contribution in [2.24, 2.45) is 0 Å². The van der Waals surface area contributed by atoms with E-state index in [1.807, 2.05) is 0 Å². The molecule has 0 spiro atoms. The molecule has 0 aliphatic carbocycles. The number of aromatic amines is 1. The summed E-state index contributed by atoms with van der Waals surface area (Å²) in [5.41, 5.74) is 1.41. The van der Waals surface area contributed by atoms with E-state index in [1.165, 1.54) is 0 Å². The molecule has 18 heavy (non-hydrogen) atoms. The number of aromatic nitrogens is 1. The van der Waals surface area contributed by atoms with Crippen LogP contribution in [0.4, 0.5) is 0 Å². The minimum absolute atomic E-state index is 0.181. The van der Waals surface area contributed by atoms with E-state index in [1.54, 1.807) is 38.2 Å². The molecular weight excluding hydrogens is 254 g/mol. The summed E-state index contributed by atoms with van der Waals surface area (Å²) >= 11 is 5.85. The number of rotatable bonds is 5. The zero-order chi connectivity index (χ0) is 13.7. The van der Waals surface area contributed by atoms with Crippen LogP contribution in [0.2, 0.25) is 5.02 Å². The molecule has 98 valence electrons. The molecule has 0 saturated carbocycles. The molecule has 1 rings (SSSR count). The first kappa shape index (κ1) is 14.3. The van der Waals surface area contributed by atoms with Gasteiger partial charge in [-0.05, 0) is 13.0 Å². The number of carbonyl (C=O) groups is 1. The number of H-pyrrole nitrogens is 1. The Bertz CT molecular complexity index is 477.